The molecule has 0 spiro atoms. The predicted molar refractivity (Wildman–Crippen MR) is 139 cm³/mol. The van der Waals surface area contributed by atoms with Crippen molar-refractivity contribution in [3.8, 4) is 0 Å². The van der Waals surface area contributed by atoms with Crippen LogP contribution in [0.2, 0.25) is 0 Å². The van der Waals surface area contributed by atoms with Crippen molar-refractivity contribution in [2.75, 3.05) is 46.9 Å². The van der Waals surface area contributed by atoms with Crippen molar-refractivity contribution in [3.05, 3.63) is 24.8 Å². The van der Waals surface area contributed by atoms with Gasteiger partial charge in [-0.1, -0.05) is 71.2 Å². The van der Waals surface area contributed by atoms with Crippen LogP contribution in [0.3, 0.4) is 0 Å². The van der Waals surface area contributed by atoms with Gasteiger partial charge in [0.15, 0.2) is 0 Å². The molecule has 2 rings (SSSR count). The van der Waals surface area contributed by atoms with Crippen LogP contribution in [0.15, 0.2) is 24.8 Å². The van der Waals surface area contributed by atoms with E-state index in [9.17, 15) is 0 Å². The first-order chi connectivity index (χ1) is 10.7. The van der Waals surface area contributed by atoms with Gasteiger partial charge in [0.05, 0.1) is 13.3 Å². The van der Waals surface area contributed by atoms with Gasteiger partial charge >= 0.3 is 0 Å². The summed E-state index contributed by atoms with van der Waals surface area (Å²) in [6.07, 6.45) is 15.2. The summed E-state index contributed by atoms with van der Waals surface area (Å²) in [5.41, 5.74) is 0. The molecule has 0 unspecified atom stereocenters. The Labute approximate surface area is 199 Å². The minimum atomic E-state index is 0. The second kappa shape index (κ2) is 34.7. The minimum absolute atomic E-state index is 0. The number of halogens is 2. The molecule has 0 radical (unpaired) electrons. The van der Waals surface area contributed by atoms with Crippen LogP contribution < -0.4 is 12.4 Å². The lowest BCUT2D eigenvalue weighted by atomic mass is 10.3. The molecular weight excluding hydrogens is 403 g/mol. The molecule has 0 aromatic rings. The lowest BCUT2D eigenvalue weighted by molar-refractivity contribution is -0.00000726. The monoisotopic (exact) mass is 461 g/mol. The van der Waals surface area contributed by atoms with Crippen LogP contribution in [0.5, 0.6) is 0 Å². The fourth-order valence-electron chi connectivity index (χ4n) is 2.19. The second-order valence-corrected chi connectivity index (χ2v) is 5.72. The van der Waals surface area contributed by atoms with Gasteiger partial charge in [-0.25, -0.2) is 0 Å². The zero-order chi connectivity index (χ0) is 16.8. The number of unbranched alkanes of at least 4 members (excludes halogenated alkanes) is 2. The Morgan fingerprint density at radius 1 is 0.621 bits per heavy atom. The van der Waals surface area contributed by atoms with Crippen molar-refractivity contribution in [1.82, 2.24) is 19.6 Å². The first-order valence-electron chi connectivity index (χ1n) is 8.28. The molecule has 0 N–H and O–H groups in total. The molecule has 4 nitrogen and oxygen atoms in total. The van der Waals surface area contributed by atoms with Gasteiger partial charge in [-0.15, -0.1) is 11.6 Å². The molecule has 0 fully saturated rings. The third-order valence-electron chi connectivity index (χ3n) is 3.47. The number of rotatable bonds is 6. The number of alkyl halides is 1. The molecule has 6 heteroatoms. The Morgan fingerprint density at radius 3 is 1.07 bits per heavy atom. The maximum absolute atomic E-state index is 4.64. The molecule has 0 aromatic carbocycles. The van der Waals surface area contributed by atoms with Gasteiger partial charge in [0, 0.05) is 58.4 Å². The topological polar surface area (TPSA) is 13.0 Å². The first-order valence-corrected chi connectivity index (χ1v) is 9.04. The molecule has 2 heterocycles. The van der Waals surface area contributed by atoms with Gasteiger partial charge in [0.1, 0.15) is 0 Å². The molecular formula is C23H59Cl2N4-. The number of hydrogen-bond donors (Lipinski definition) is 0. The third kappa shape index (κ3) is 27.3. The number of nitrogens with zero attached hydrogens (tertiary/aromatic N) is 4. The minimum Gasteiger partial charge on any atom is -1.00 e. The van der Waals surface area contributed by atoms with E-state index in [-0.39, 0.29) is 57.0 Å². The molecule has 0 atom stereocenters. The standard InChI is InChI=1S/2C8H16N2.CH3Cl.6CH4.ClH/c2*1-3-4-5-10-7-6-9(2)8-10;1-2;;;;;;;/h2*6-7H,3-5,8H2,1-2H3;1H3;6*1H4;1H/p-1. The van der Waals surface area contributed by atoms with Gasteiger partial charge in [0.2, 0.25) is 0 Å². The van der Waals surface area contributed by atoms with Crippen LogP contribution in [0.4, 0.5) is 0 Å². The van der Waals surface area contributed by atoms with Gasteiger partial charge in [0.25, 0.3) is 0 Å². The summed E-state index contributed by atoms with van der Waals surface area (Å²) in [7, 11) is 4.20. The molecule has 0 bridgehead atoms. The summed E-state index contributed by atoms with van der Waals surface area (Å²) in [5, 5.41) is 0. The van der Waals surface area contributed by atoms with Crippen molar-refractivity contribution in [2.24, 2.45) is 0 Å². The third-order valence-corrected chi connectivity index (χ3v) is 3.47. The van der Waals surface area contributed by atoms with Crippen molar-refractivity contribution in [2.45, 2.75) is 84.1 Å². The van der Waals surface area contributed by atoms with Crippen molar-refractivity contribution in [3.63, 3.8) is 0 Å². The van der Waals surface area contributed by atoms with E-state index < -0.39 is 0 Å². The zero-order valence-electron chi connectivity index (χ0n) is 15.5. The van der Waals surface area contributed by atoms with Gasteiger partial charge < -0.3 is 32.0 Å². The largest absolute Gasteiger partial charge is 1.00 e. The van der Waals surface area contributed by atoms with E-state index in [4.69, 9.17) is 0 Å². The van der Waals surface area contributed by atoms with Crippen LogP contribution >= 0.6 is 11.6 Å². The molecule has 186 valence electrons. The summed E-state index contributed by atoms with van der Waals surface area (Å²) in [6, 6.07) is 0. The quantitative estimate of drug-likeness (QED) is 0.535. The van der Waals surface area contributed by atoms with Crippen molar-refractivity contribution < 1.29 is 12.4 Å². The molecule has 0 aliphatic carbocycles. The lowest BCUT2D eigenvalue weighted by Crippen LogP contribution is -3.00. The highest BCUT2D eigenvalue weighted by Crippen LogP contribution is 2.05. The maximum atomic E-state index is 4.64. The van der Waals surface area contributed by atoms with E-state index in [0.717, 1.165) is 13.3 Å². The summed E-state index contributed by atoms with van der Waals surface area (Å²) < 4.78 is 0. The fraction of sp³-hybridized carbons (Fsp3) is 0.826. The van der Waals surface area contributed by atoms with Crippen LogP contribution in [0.25, 0.3) is 0 Å². The van der Waals surface area contributed by atoms with E-state index >= 15 is 0 Å². The highest BCUT2D eigenvalue weighted by Gasteiger charge is 2.06. The lowest BCUT2D eigenvalue weighted by Gasteiger charge is -2.17. The predicted octanol–water partition coefficient (Wildman–Crippen LogP) is 4.60. The van der Waals surface area contributed by atoms with Crippen LogP contribution in [0, 0.1) is 0 Å². The molecule has 2 aliphatic heterocycles. The summed E-state index contributed by atoms with van der Waals surface area (Å²) in [5.74, 6) is 0. The highest BCUT2D eigenvalue weighted by atomic mass is 35.5. The molecule has 29 heavy (non-hydrogen) atoms. The molecule has 0 amide bonds. The normalized spacial score (nSPS) is 11.9. The number of hydrogen-bond acceptors (Lipinski definition) is 4. The molecule has 2 aliphatic rings. The fourth-order valence-corrected chi connectivity index (χ4v) is 2.19. The SMILES string of the molecule is C.C.C.C.C.C.CCCCN1C=CN(C)C1.CCCCN1C=CN(C)C1.CCl.[Cl-]. The van der Waals surface area contributed by atoms with E-state index in [2.05, 4.69) is 83.9 Å². The van der Waals surface area contributed by atoms with Gasteiger partial charge in [-0.2, -0.15) is 0 Å². The second-order valence-electron chi connectivity index (χ2n) is 5.72. The van der Waals surface area contributed by atoms with Gasteiger partial charge in [-0.05, 0) is 12.8 Å². The summed E-state index contributed by atoms with van der Waals surface area (Å²) in [4.78, 5) is 9.05. The van der Waals surface area contributed by atoms with E-state index in [1.165, 1.54) is 45.2 Å². The smallest absolute Gasteiger partial charge is 0.0890 e. The Balaban J connectivity index is -0.0000000381. The van der Waals surface area contributed by atoms with Crippen LogP contribution in [-0.4, -0.2) is 66.5 Å². The Kier molecular flexibility index (Phi) is 61.3. The Morgan fingerprint density at radius 2 is 0.897 bits per heavy atom. The van der Waals surface area contributed by atoms with Crippen LogP contribution in [-0.2, 0) is 0 Å². The van der Waals surface area contributed by atoms with Gasteiger partial charge in [-0.3, -0.25) is 0 Å². The maximum Gasteiger partial charge on any atom is 0.0890 e. The summed E-state index contributed by atoms with van der Waals surface area (Å²) in [6.45, 7) is 9.00. The summed E-state index contributed by atoms with van der Waals surface area (Å²) >= 11 is 4.64. The van der Waals surface area contributed by atoms with E-state index in [1.807, 2.05) is 0 Å². The van der Waals surface area contributed by atoms with Crippen molar-refractivity contribution in [1.29, 1.82) is 0 Å². The first kappa shape index (κ1) is 51.2. The highest BCUT2D eigenvalue weighted by molar-refractivity contribution is 6.15. The van der Waals surface area contributed by atoms with E-state index in [1.54, 1.807) is 0 Å². The molecule has 0 aromatic heterocycles. The van der Waals surface area contributed by atoms with Crippen LogP contribution in [0.1, 0.15) is 84.1 Å². The van der Waals surface area contributed by atoms with Crippen molar-refractivity contribution >= 4 is 11.6 Å². The molecule has 0 saturated heterocycles. The zero-order valence-corrected chi connectivity index (χ0v) is 17.0. The Bertz CT molecular complexity index is 283. The average molecular weight is 463 g/mol. The average Bonchev–Trinajstić information content (AvgIpc) is 3.14. The Hall–Kier alpha value is -0.740. The molecule has 0 saturated carbocycles. The van der Waals surface area contributed by atoms with E-state index in [0.29, 0.717) is 0 Å².